The van der Waals surface area contributed by atoms with E-state index in [9.17, 15) is 0 Å². The molecule has 2 aliphatic rings. The van der Waals surface area contributed by atoms with Gasteiger partial charge in [-0.2, -0.15) is 0 Å². The molecule has 2 atom stereocenters. The maximum Gasteiger partial charge on any atom is 0.00967 e. The standard InChI is InChI=1S/C18H36N2/c1-6-16-10-9-15(2)20(16)14-18(11-7-8-12-18)13-19-17(3,4)5/h15-16,19H,6-14H2,1-5H3. The molecular weight excluding hydrogens is 244 g/mol. The van der Waals surface area contributed by atoms with Gasteiger partial charge in [0.25, 0.3) is 0 Å². The van der Waals surface area contributed by atoms with Crippen molar-refractivity contribution < 1.29 is 0 Å². The topological polar surface area (TPSA) is 15.3 Å². The molecule has 2 fully saturated rings. The molecule has 118 valence electrons. The van der Waals surface area contributed by atoms with Crippen LogP contribution in [-0.4, -0.2) is 35.6 Å². The fraction of sp³-hybridized carbons (Fsp3) is 1.00. The van der Waals surface area contributed by atoms with Gasteiger partial charge in [0.1, 0.15) is 0 Å². The number of hydrogen-bond acceptors (Lipinski definition) is 2. The van der Waals surface area contributed by atoms with Crippen LogP contribution in [0.1, 0.15) is 79.6 Å². The number of rotatable bonds is 5. The van der Waals surface area contributed by atoms with E-state index < -0.39 is 0 Å². The lowest BCUT2D eigenvalue weighted by molar-refractivity contribution is 0.102. The monoisotopic (exact) mass is 280 g/mol. The molecule has 0 radical (unpaired) electrons. The fourth-order valence-electron chi connectivity index (χ4n) is 4.20. The zero-order valence-corrected chi connectivity index (χ0v) is 14.5. The maximum atomic E-state index is 3.80. The van der Waals surface area contributed by atoms with Crippen LogP contribution in [0.2, 0.25) is 0 Å². The Morgan fingerprint density at radius 3 is 2.35 bits per heavy atom. The summed E-state index contributed by atoms with van der Waals surface area (Å²) >= 11 is 0. The van der Waals surface area contributed by atoms with E-state index in [0.717, 1.165) is 12.1 Å². The third-order valence-corrected chi connectivity index (χ3v) is 5.60. The minimum Gasteiger partial charge on any atom is -0.311 e. The summed E-state index contributed by atoms with van der Waals surface area (Å²) < 4.78 is 0. The molecule has 20 heavy (non-hydrogen) atoms. The molecule has 1 aliphatic heterocycles. The Hall–Kier alpha value is -0.0800. The summed E-state index contributed by atoms with van der Waals surface area (Å²) in [6, 6.07) is 1.64. The van der Waals surface area contributed by atoms with Crippen LogP contribution in [-0.2, 0) is 0 Å². The zero-order valence-electron chi connectivity index (χ0n) is 14.5. The predicted octanol–water partition coefficient (Wildman–Crippen LogP) is 4.20. The van der Waals surface area contributed by atoms with Crippen molar-refractivity contribution in [2.24, 2.45) is 5.41 Å². The van der Waals surface area contributed by atoms with Gasteiger partial charge in [-0.15, -0.1) is 0 Å². The number of hydrogen-bond donors (Lipinski definition) is 1. The smallest absolute Gasteiger partial charge is 0.00967 e. The molecule has 0 amide bonds. The average Bonchev–Trinajstić information content (AvgIpc) is 2.96. The molecule has 2 unspecified atom stereocenters. The Morgan fingerprint density at radius 1 is 1.15 bits per heavy atom. The van der Waals surface area contributed by atoms with Crippen LogP contribution < -0.4 is 5.32 Å². The number of nitrogens with zero attached hydrogens (tertiary/aromatic N) is 1. The highest BCUT2D eigenvalue weighted by Crippen LogP contribution is 2.41. The summed E-state index contributed by atoms with van der Waals surface area (Å²) in [5.41, 5.74) is 0.787. The van der Waals surface area contributed by atoms with E-state index >= 15 is 0 Å². The molecule has 1 heterocycles. The second-order valence-corrected chi connectivity index (χ2v) is 8.47. The van der Waals surface area contributed by atoms with Gasteiger partial charge in [0, 0.05) is 30.7 Å². The molecule has 0 aromatic rings. The number of likely N-dealkylation sites (tertiary alicyclic amines) is 1. The van der Waals surface area contributed by atoms with Crippen molar-refractivity contribution in [1.82, 2.24) is 10.2 Å². The highest BCUT2D eigenvalue weighted by Gasteiger charge is 2.40. The average molecular weight is 281 g/mol. The summed E-state index contributed by atoms with van der Waals surface area (Å²) in [6.07, 6.45) is 9.87. The van der Waals surface area contributed by atoms with Crippen molar-refractivity contribution in [2.45, 2.75) is 97.2 Å². The van der Waals surface area contributed by atoms with Gasteiger partial charge >= 0.3 is 0 Å². The van der Waals surface area contributed by atoms with Crippen LogP contribution in [0.15, 0.2) is 0 Å². The molecule has 0 aromatic heterocycles. The van der Waals surface area contributed by atoms with Crippen LogP contribution in [0.5, 0.6) is 0 Å². The molecule has 0 aromatic carbocycles. The largest absolute Gasteiger partial charge is 0.311 e. The van der Waals surface area contributed by atoms with Crippen molar-refractivity contribution in [3.8, 4) is 0 Å². The Kier molecular flexibility index (Phi) is 5.18. The maximum absolute atomic E-state index is 3.80. The van der Waals surface area contributed by atoms with Crippen LogP contribution in [0.3, 0.4) is 0 Å². The Morgan fingerprint density at radius 2 is 1.80 bits per heavy atom. The molecule has 1 aliphatic carbocycles. The molecule has 1 saturated heterocycles. The van der Waals surface area contributed by atoms with Gasteiger partial charge in [0.05, 0.1) is 0 Å². The van der Waals surface area contributed by atoms with E-state index in [4.69, 9.17) is 0 Å². The van der Waals surface area contributed by atoms with Gasteiger partial charge < -0.3 is 5.32 Å². The second kappa shape index (κ2) is 6.36. The normalized spacial score (nSPS) is 31.1. The van der Waals surface area contributed by atoms with Crippen molar-refractivity contribution in [3.05, 3.63) is 0 Å². The molecule has 0 spiro atoms. The summed E-state index contributed by atoms with van der Waals surface area (Å²) in [5.74, 6) is 0. The Labute approximate surface area is 126 Å². The first kappa shape index (κ1) is 16.3. The van der Waals surface area contributed by atoms with Crippen LogP contribution >= 0.6 is 0 Å². The first-order valence-electron chi connectivity index (χ1n) is 8.86. The first-order chi connectivity index (χ1) is 9.35. The Bertz CT molecular complexity index is 299. The van der Waals surface area contributed by atoms with Gasteiger partial charge in [-0.25, -0.2) is 0 Å². The molecular formula is C18H36N2. The zero-order chi connectivity index (χ0) is 14.8. The summed E-state index contributed by atoms with van der Waals surface area (Å²) in [7, 11) is 0. The lowest BCUT2D eigenvalue weighted by Gasteiger charge is -2.40. The second-order valence-electron chi connectivity index (χ2n) is 8.47. The lowest BCUT2D eigenvalue weighted by atomic mass is 9.84. The van der Waals surface area contributed by atoms with Gasteiger partial charge in [-0.05, 0) is 65.2 Å². The summed E-state index contributed by atoms with van der Waals surface area (Å²) in [6.45, 7) is 14.2. The van der Waals surface area contributed by atoms with E-state index in [0.29, 0.717) is 5.41 Å². The van der Waals surface area contributed by atoms with Crippen LogP contribution in [0.25, 0.3) is 0 Å². The van der Waals surface area contributed by atoms with E-state index in [-0.39, 0.29) is 5.54 Å². The molecule has 0 bridgehead atoms. The first-order valence-corrected chi connectivity index (χ1v) is 8.86. The number of nitrogens with one attached hydrogen (secondary N) is 1. The van der Waals surface area contributed by atoms with E-state index in [1.165, 1.54) is 58.0 Å². The third kappa shape index (κ3) is 3.98. The summed E-state index contributed by atoms with van der Waals surface area (Å²) in [5, 5.41) is 3.80. The predicted molar refractivity (Wildman–Crippen MR) is 88.1 cm³/mol. The fourth-order valence-corrected chi connectivity index (χ4v) is 4.20. The quantitative estimate of drug-likeness (QED) is 0.812. The highest BCUT2D eigenvalue weighted by atomic mass is 15.2. The van der Waals surface area contributed by atoms with E-state index in [1.807, 2.05) is 0 Å². The van der Waals surface area contributed by atoms with Crippen LogP contribution in [0.4, 0.5) is 0 Å². The minimum absolute atomic E-state index is 0.246. The molecule has 2 heteroatoms. The minimum atomic E-state index is 0.246. The van der Waals surface area contributed by atoms with E-state index in [2.05, 4.69) is 44.8 Å². The highest BCUT2D eigenvalue weighted by molar-refractivity contribution is 4.95. The third-order valence-electron chi connectivity index (χ3n) is 5.60. The summed E-state index contributed by atoms with van der Waals surface area (Å²) in [4.78, 5) is 2.84. The van der Waals surface area contributed by atoms with Crippen molar-refractivity contribution in [3.63, 3.8) is 0 Å². The van der Waals surface area contributed by atoms with Crippen molar-refractivity contribution in [2.75, 3.05) is 13.1 Å². The van der Waals surface area contributed by atoms with E-state index in [1.54, 1.807) is 0 Å². The van der Waals surface area contributed by atoms with Gasteiger partial charge in [0.15, 0.2) is 0 Å². The van der Waals surface area contributed by atoms with Gasteiger partial charge in [-0.1, -0.05) is 19.8 Å². The van der Waals surface area contributed by atoms with Crippen LogP contribution in [0, 0.1) is 5.41 Å². The SMILES string of the molecule is CCC1CCC(C)N1CC1(CNC(C)(C)C)CCCC1. The lowest BCUT2D eigenvalue weighted by Crippen LogP contribution is -2.49. The van der Waals surface area contributed by atoms with Gasteiger partial charge in [0.2, 0.25) is 0 Å². The molecule has 2 nitrogen and oxygen atoms in total. The van der Waals surface area contributed by atoms with Crippen molar-refractivity contribution >= 4 is 0 Å². The molecule has 2 rings (SSSR count). The molecule has 1 N–H and O–H groups in total. The Balaban J connectivity index is 2.01. The molecule has 1 saturated carbocycles. The van der Waals surface area contributed by atoms with Gasteiger partial charge in [-0.3, -0.25) is 4.90 Å². The van der Waals surface area contributed by atoms with Crippen molar-refractivity contribution in [1.29, 1.82) is 0 Å².